The number of hydrogen-bond donors (Lipinski definition) is 1. The predicted octanol–water partition coefficient (Wildman–Crippen LogP) is 2.13. The van der Waals surface area contributed by atoms with Crippen molar-refractivity contribution in [3.8, 4) is 0 Å². The molecule has 1 N–H and O–H groups in total. The standard InChI is InChI=1S/C15H25N3O2S/c1-4-17(5-2)21(19,20)18-12-8-10-14(16-3)13-9-6-7-11-15(13)18/h6-7,9,11,14,16H,4-5,8,10,12H2,1-3H3. The summed E-state index contributed by atoms with van der Waals surface area (Å²) >= 11 is 0. The Balaban J connectivity index is 2.49. The highest BCUT2D eigenvalue weighted by molar-refractivity contribution is 7.90. The molecule has 0 amide bonds. The van der Waals surface area contributed by atoms with Crippen molar-refractivity contribution in [2.75, 3.05) is 31.0 Å². The Kier molecular flexibility index (Phi) is 5.24. The van der Waals surface area contributed by atoms with Gasteiger partial charge in [-0.2, -0.15) is 12.7 Å². The zero-order valence-electron chi connectivity index (χ0n) is 13.0. The summed E-state index contributed by atoms with van der Waals surface area (Å²) in [6.45, 7) is 5.27. The molecule has 2 rings (SSSR count). The summed E-state index contributed by atoms with van der Waals surface area (Å²) in [4.78, 5) is 0. The van der Waals surface area contributed by atoms with Crippen molar-refractivity contribution in [3.05, 3.63) is 29.8 Å². The van der Waals surface area contributed by atoms with Crippen LogP contribution in [0.1, 0.15) is 38.3 Å². The van der Waals surface area contributed by atoms with Crippen LogP contribution in [0.5, 0.6) is 0 Å². The average Bonchev–Trinajstić information content (AvgIpc) is 2.67. The Bertz CT molecular complexity index is 570. The Hall–Kier alpha value is -1.11. The number of rotatable bonds is 5. The Morgan fingerprint density at radius 1 is 1.29 bits per heavy atom. The lowest BCUT2D eigenvalue weighted by Crippen LogP contribution is -2.44. The van der Waals surface area contributed by atoms with E-state index in [1.54, 1.807) is 4.31 Å². The maximum atomic E-state index is 12.9. The molecule has 21 heavy (non-hydrogen) atoms. The first-order chi connectivity index (χ1) is 10.1. The molecule has 0 saturated carbocycles. The number of fused-ring (bicyclic) bond motifs is 1. The van der Waals surface area contributed by atoms with Gasteiger partial charge in [-0.15, -0.1) is 0 Å². The fourth-order valence-corrected chi connectivity index (χ4v) is 4.66. The molecule has 0 aliphatic carbocycles. The van der Waals surface area contributed by atoms with Crippen LogP contribution in [0, 0.1) is 0 Å². The van der Waals surface area contributed by atoms with Crippen LogP contribution in [0.15, 0.2) is 24.3 Å². The van der Waals surface area contributed by atoms with Gasteiger partial charge in [0.2, 0.25) is 0 Å². The normalized spacial score (nSPS) is 19.4. The van der Waals surface area contributed by atoms with E-state index in [1.165, 1.54) is 4.31 Å². The molecule has 0 aromatic heterocycles. The van der Waals surface area contributed by atoms with Gasteiger partial charge in [0.15, 0.2) is 0 Å². The second-order valence-corrected chi connectivity index (χ2v) is 7.06. The Labute approximate surface area is 128 Å². The van der Waals surface area contributed by atoms with E-state index in [2.05, 4.69) is 5.32 Å². The number of para-hydroxylation sites is 1. The first-order valence-corrected chi connectivity index (χ1v) is 8.99. The summed E-state index contributed by atoms with van der Waals surface area (Å²) in [5, 5.41) is 3.29. The maximum Gasteiger partial charge on any atom is 0.304 e. The molecule has 0 spiro atoms. The molecular weight excluding hydrogens is 286 g/mol. The van der Waals surface area contributed by atoms with Crippen LogP contribution in [-0.4, -0.2) is 39.4 Å². The maximum absolute atomic E-state index is 12.9. The molecule has 1 aliphatic rings. The van der Waals surface area contributed by atoms with Crippen molar-refractivity contribution in [1.82, 2.24) is 9.62 Å². The SMILES string of the molecule is CCN(CC)S(=O)(=O)N1CCCC(NC)c2ccccc21. The highest BCUT2D eigenvalue weighted by Crippen LogP contribution is 2.34. The van der Waals surface area contributed by atoms with Crippen LogP contribution < -0.4 is 9.62 Å². The molecule has 1 aliphatic heterocycles. The third-order valence-electron chi connectivity index (χ3n) is 4.09. The predicted molar refractivity (Wildman–Crippen MR) is 86.7 cm³/mol. The quantitative estimate of drug-likeness (QED) is 0.906. The lowest BCUT2D eigenvalue weighted by atomic mass is 10.0. The molecule has 0 bridgehead atoms. The summed E-state index contributed by atoms with van der Waals surface area (Å²) in [5.74, 6) is 0. The lowest BCUT2D eigenvalue weighted by molar-refractivity contribution is 0.441. The molecule has 1 aromatic rings. The summed E-state index contributed by atoms with van der Waals surface area (Å²) in [6, 6.07) is 8.01. The van der Waals surface area contributed by atoms with E-state index in [4.69, 9.17) is 0 Å². The van der Waals surface area contributed by atoms with Crippen molar-refractivity contribution in [1.29, 1.82) is 0 Å². The minimum atomic E-state index is -3.45. The van der Waals surface area contributed by atoms with E-state index < -0.39 is 10.2 Å². The topological polar surface area (TPSA) is 52.7 Å². The monoisotopic (exact) mass is 311 g/mol. The molecule has 1 atom stereocenters. The zero-order valence-corrected chi connectivity index (χ0v) is 13.9. The fraction of sp³-hybridized carbons (Fsp3) is 0.600. The van der Waals surface area contributed by atoms with Crippen LogP contribution in [0.2, 0.25) is 0 Å². The van der Waals surface area contributed by atoms with E-state index in [0.29, 0.717) is 19.6 Å². The molecule has 0 fully saturated rings. The largest absolute Gasteiger partial charge is 0.313 e. The average molecular weight is 311 g/mol. The van der Waals surface area contributed by atoms with E-state index in [-0.39, 0.29) is 6.04 Å². The minimum absolute atomic E-state index is 0.207. The molecule has 0 saturated heterocycles. The second-order valence-electron chi connectivity index (χ2n) is 5.21. The lowest BCUT2D eigenvalue weighted by Gasteiger charge is -2.30. The van der Waals surface area contributed by atoms with Crippen LogP contribution in [0.25, 0.3) is 0 Å². The van der Waals surface area contributed by atoms with E-state index in [9.17, 15) is 8.42 Å². The van der Waals surface area contributed by atoms with E-state index in [0.717, 1.165) is 24.1 Å². The first kappa shape index (κ1) is 16.3. The van der Waals surface area contributed by atoms with Gasteiger partial charge in [-0.05, 0) is 31.5 Å². The first-order valence-electron chi connectivity index (χ1n) is 7.60. The van der Waals surface area contributed by atoms with Crippen LogP contribution in [0.4, 0.5) is 5.69 Å². The van der Waals surface area contributed by atoms with Crippen molar-refractivity contribution in [2.45, 2.75) is 32.7 Å². The molecule has 0 radical (unpaired) electrons. The number of nitrogens with one attached hydrogen (secondary N) is 1. The number of benzene rings is 1. The highest BCUT2D eigenvalue weighted by Gasteiger charge is 2.32. The third kappa shape index (κ3) is 3.07. The molecule has 6 heteroatoms. The smallest absolute Gasteiger partial charge is 0.304 e. The summed E-state index contributed by atoms with van der Waals surface area (Å²) in [6.07, 6.45) is 1.79. The number of anilines is 1. The molecular formula is C15H25N3O2S. The van der Waals surface area contributed by atoms with E-state index in [1.807, 2.05) is 45.2 Å². The number of nitrogens with zero attached hydrogens (tertiary/aromatic N) is 2. The third-order valence-corrected chi connectivity index (χ3v) is 6.20. The van der Waals surface area contributed by atoms with Gasteiger partial charge in [-0.1, -0.05) is 32.0 Å². The van der Waals surface area contributed by atoms with Gasteiger partial charge in [0.05, 0.1) is 5.69 Å². The molecule has 5 nitrogen and oxygen atoms in total. The van der Waals surface area contributed by atoms with Crippen LogP contribution in [0.3, 0.4) is 0 Å². The van der Waals surface area contributed by atoms with Gasteiger partial charge in [-0.25, -0.2) is 0 Å². The minimum Gasteiger partial charge on any atom is -0.313 e. The van der Waals surface area contributed by atoms with Crippen molar-refractivity contribution in [3.63, 3.8) is 0 Å². The van der Waals surface area contributed by atoms with Crippen molar-refractivity contribution < 1.29 is 8.42 Å². The Morgan fingerprint density at radius 2 is 1.95 bits per heavy atom. The molecule has 1 aromatic carbocycles. The van der Waals surface area contributed by atoms with Gasteiger partial charge in [0.1, 0.15) is 0 Å². The zero-order chi connectivity index (χ0) is 15.5. The van der Waals surface area contributed by atoms with Crippen LogP contribution in [-0.2, 0) is 10.2 Å². The van der Waals surface area contributed by atoms with Gasteiger partial charge >= 0.3 is 10.2 Å². The van der Waals surface area contributed by atoms with E-state index >= 15 is 0 Å². The second kappa shape index (κ2) is 6.77. The van der Waals surface area contributed by atoms with Gasteiger partial charge in [-0.3, -0.25) is 4.31 Å². The van der Waals surface area contributed by atoms with Gasteiger partial charge < -0.3 is 5.32 Å². The van der Waals surface area contributed by atoms with Gasteiger partial charge in [0.25, 0.3) is 0 Å². The summed E-state index contributed by atoms with van der Waals surface area (Å²) < 4.78 is 28.9. The highest BCUT2D eigenvalue weighted by atomic mass is 32.2. The molecule has 1 heterocycles. The van der Waals surface area contributed by atoms with Crippen molar-refractivity contribution in [2.24, 2.45) is 0 Å². The molecule has 118 valence electrons. The Morgan fingerprint density at radius 3 is 2.57 bits per heavy atom. The number of hydrogen-bond acceptors (Lipinski definition) is 3. The van der Waals surface area contributed by atoms with Crippen molar-refractivity contribution >= 4 is 15.9 Å². The van der Waals surface area contributed by atoms with Crippen LogP contribution >= 0.6 is 0 Å². The summed E-state index contributed by atoms with van der Waals surface area (Å²) in [7, 11) is -1.53. The fourth-order valence-electron chi connectivity index (χ4n) is 2.95. The molecule has 1 unspecified atom stereocenters. The van der Waals surface area contributed by atoms with Gasteiger partial charge in [0, 0.05) is 25.7 Å². The summed E-state index contributed by atoms with van der Waals surface area (Å²) in [5.41, 5.74) is 1.87.